The predicted molar refractivity (Wildman–Crippen MR) is 281 cm³/mol. The quantitative estimate of drug-likeness (QED) is 0.170. The van der Waals surface area contributed by atoms with Crippen molar-refractivity contribution >= 4 is 99.5 Å². The van der Waals surface area contributed by atoms with E-state index in [2.05, 4.69) is 49.2 Å². The third-order valence-corrected chi connectivity index (χ3v) is 14.9. The number of nitrogens with one attached hydrogen (secondary N) is 1. The lowest BCUT2D eigenvalue weighted by atomic mass is 9.93. The second-order valence-electron chi connectivity index (χ2n) is 19.0. The summed E-state index contributed by atoms with van der Waals surface area (Å²) in [5.74, 6) is 1.48. The molecular formula is C51H65Cl7N6O2. The van der Waals surface area contributed by atoms with Gasteiger partial charge < -0.3 is 24.8 Å². The van der Waals surface area contributed by atoms with Crippen molar-refractivity contribution in [3.8, 4) is 0 Å². The van der Waals surface area contributed by atoms with Crippen LogP contribution in [0.2, 0.25) is 30.1 Å². The molecule has 0 saturated carbocycles. The third kappa shape index (κ3) is 15.1. The Bertz CT molecular complexity index is 2150. The molecule has 1 N–H and O–H groups in total. The number of anilines is 2. The van der Waals surface area contributed by atoms with Gasteiger partial charge in [-0.05, 0) is 169 Å². The number of hydrogen-bond donors (Lipinski definition) is 1. The summed E-state index contributed by atoms with van der Waals surface area (Å²) < 4.78 is 5.54. The van der Waals surface area contributed by atoms with Gasteiger partial charge in [-0.1, -0.05) is 93.9 Å². The Hall–Kier alpha value is -2.34. The SMILES string of the molecule is CC(C)(C)OC(=O)N1CCC(CCN2CCN(c3ccc(Cl)cc3Cl)C(c3ccc(Cl)cc3)C2)CC1.Cl.Clc1ccc(C2CN(CCC3CCNCC3)CCN2c2ccc(Cl)cc2Cl)cc1. The highest BCUT2D eigenvalue weighted by atomic mass is 35.5. The number of piperazine rings is 2. The molecule has 0 aliphatic carbocycles. The second kappa shape index (κ2) is 25.0. The molecule has 360 valence electrons. The van der Waals surface area contributed by atoms with Crippen molar-refractivity contribution in [2.75, 3.05) is 88.3 Å². The van der Waals surface area contributed by atoms with E-state index >= 15 is 0 Å². The molecular weight excluding hydrogens is 977 g/mol. The van der Waals surface area contributed by atoms with Crippen molar-refractivity contribution in [3.63, 3.8) is 0 Å². The maximum absolute atomic E-state index is 12.4. The highest BCUT2D eigenvalue weighted by molar-refractivity contribution is 6.37. The van der Waals surface area contributed by atoms with Crippen LogP contribution in [0.5, 0.6) is 0 Å². The maximum Gasteiger partial charge on any atom is 0.410 e. The molecule has 4 fully saturated rings. The van der Waals surface area contributed by atoms with E-state index < -0.39 is 5.60 Å². The summed E-state index contributed by atoms with van der Waals surface area (Å²) in [5.41, 5.74) is 4.10. The van der Waals surface area contributed by atoms with E-state index in [1.807, 2.05) is 86.3 Å². The number of benzene rings is 4. The highest BCUT2D eigenvalue weighted by Crippen LogP contribution is 2.39. The maximum atomic E-state index is 12.4. The Morgan fingerprint density at radius 3 is 1.39 bits per heavy atom. The van der Waals surface area contributed by atoms with Crippen LogP contribution < -0.4 is 15.1 Å². The lowest BCUT2D eigenvalue weighted by Gasteiger charge is -2.44. The summed E-state index contributed by atoms with van der Waals surface area (Å²) in [6.45, 7) is 17.6. The number of nitrogens with zero attached hydrogens (tertiary/aromatic N) is 5. The molecule has 4 aliphatic rings. The molecule has 66 heavy (non-hydrogen) atoms. The van der Waals surface area contributed by atoms with Gasteiger partial charge >= 0.3 is 6.09 Å². The van der Waals surface area contributed by atoms with Crippen molar-refractivity contribution in [1.29, 1.82) is 0 Å². The summed E-state index contributed by atoms with van der Waals surface area (Å²) in [6, 6.07) is 28.3. The molecule has 0 aromatic heterocycles. The zero-order valence-electron chi connectivity index (χ0n) is 38.3. The summed E-state index contributed by atoms with van der Waals surface area (Å²) in [5, 5.41) is 7.66. The van der Waals surface area contributed by atoms with Crippen LogP contribution in [0.4, 0.5) is 16.2 Å². The first kappa shape index (κ1) is 53.0. The minimum Gasteiger partial charge on any atom is -0.444 e. The zero-order valence-corrected chi connectivity index (χ0v) is 43.7. The fraction of sp³-hybridized carbons (Fsp3) is 0.510. The molecule has 4 heterocycles. The molecule has 4 saturated heterocycles. The molecule has 1 amide bonds. The van der Waals surface area contributed by atoms with Gasteiger partial charge in [0.15, 0.2) is 0 Å². The summed E-state index contributed by atoms with van der Waals surface area (Å²) in [7, 11) is 0. The van der Waals surface area contributed by atoms with Crippen LogP contribution in [0.25, 0.3) is 0 Å². The number of halogens is 7. The van der Waals surface area contributed by atoms with Crippen molar-refractivity contribution < 1.29 is 9.53 Å². The van der Waals surface area contributed by atoms with Gasteiger partial charge in [0.1, 0.15) is 5.60 Å². The van der Waals surface area contributed by atoms with E-state index in [0.717, 1.165) is 112 Å². The number of amides is 1. The molecule has 2 atom stereocenters. The van der Waals surface area contributed by atoms with Gasteiger partial charge in [-0.3, -0.25) is 9.80 Å². The molecule has 4 aliphatic heterocycles. The number of rotatable bonds is 10. The minimum absolute atomic E-state index is 0. The summed E-state index contributed by atoms with van der Waals surface area (Å²) in [4.78, 5) is 24.2. The topological polar surface area (TPSA) is 54.5 Å². The Morgan fingerprint density at radius 1 is 0.576 bits per heavy atom. The van der Waals surface area contributed by atoms with Gasteiger partial charge in [0.2, 0.25) is 0 Å². The summed E-state index contributed by atoms with van der Waals surface area (Å²) >= 11 is 37.8. The van der Waals surface area contributed by atoms with Crippen LogP contribution in [0, 0.1) is 11.8 Å². The van der Waals surface area contributed by atoms with E-state index in [0.29, 0.717) is 26.0 Å². The first-order chi connectivity index (χ1) is 31.2. The average molecular weight is 1040 g/mol. The Labute approximate surface area is 429 Å². The van der Waals surface area contributed by atoms with Crippen LogP contribution >= 0.6 is 82.0 Å². The molecule has 0 spiro atoms. The van der Waals surface area contributed by atoms with Gasteiger partial charge in [-0.2, -0.15) is 0 Å². The van der Waals surface area contributed by atoms with Crippen molar-refractivity contribution in [2.24, 2.45) is 11.8 Å². The standard InChI is InChI=1S/C28H36Cl3N3O2.C23H28Cl3N3.ClH/c1-28(2,3)36-27(35)33-14-11-20(12-15-33)10-13-32-16-17-34(25-9-8-23(30)18-24(25)31)26(19-32)21-4-6-22(29)7-5-21;24-19-3-1-18(2-4-19)23-16-28(12-9-17-7-10-27-11-8-17)13-14-29(23)22-6-5-20(25)15-21(22)26;/h4-9,18,20,26H,10-17,19H2,1-3H3;1-6,15,17,23,27H,7-14,16H2;1H. The van der Waals surface area contributed by atoms with Gasteiger partial charge in [0, 0.05) is 72.4 Å². The van der Waals surface area contributed by atoms with E-state index in [-0.39, 0.29) is 30.6 Å². The number of carbonyl (C=O) groups excluding carboxylic acids is 1. The second-order valence-corrected chi connectivity index (χ2v) is 21.6. The van der Waals surface area contributed by atoms with Gasteiger partial charge in [-0.15, -0.1) is 12.4 Å². The minimum atomic E-state index is -0.451. The number of carbonyl (C=O) groups is 1. The highest BCUT2D eigenvalue weighted by Gasteiger charge is 2.33. The number of ether oxygens (including phenoxy) is 1. The van der Waals surface area contributed by atoms with E-state index in [1.54, 1.807) is 0 Å². The third-order valence-electron chi connectivity index (χ3n) is 13.3. The summed E-state index contributed by atoms with van der Waals surface area (Å²) in [6.07, 6.45) is 6.90. The molecule has 0 radical (unpaired) electrons. The first-order valence-corrected chi connectivity index (χ1v) is 25.5. The fourth-order valence-corrected chi connectivity index (χ4v) is 10.9. The molecule has 0 bridgehead atoms. The van der Waals surface area contributed by atoms with Crippen molar-refractivity contribution in [3.05, 3.63) is 126 Å². The Kier molecular flexibility index (Phi) is 20.1. The van der Waals surface area contributed by atoms with E-state index in [4.69, 9.17) is 74.3 Å². The van der Waals surface area contributed by atoms with Crippen LogP contribution in [-0.4, -0.2) is 105 Å². The van der Waals surface area contributed by atoms with Crippen LogP contribution in [0.15, 0.2) is 84.9 Å². The molecule has 8 nitrogen and oxygen atoms in total. The average Bonchev–Trinajstić information content (AvgIpc) is 3.28. The number of likely N-dealkylation sites (tertiary alicyclic amines) is 1. The van der Waals surface area contributed by atoms with Crippen LogP contribution in [-0.2, 0) is 4.74 Å². The Morgan fingerprint density at radius 2 is 0.985 bits per heavy atom. The number of hydrogen-bond acceptors (Lipinski definition) is 7. The smallest absolute Gasteiger partial charge is 0.410 e. The first-order valence-electron chi connectivity index (χ1n) is 23.3. The zero-order chi connectivity index (χ0) is 46.1. The lowest BCUT2D eigenvalue weighted by molar-refractivity contribution is 0.0177. The van der Waals surface area contributed by atoms with Gasteiger partial charge in [0.05, 0.1) is 33.5 Å². The molecule has 15 heteroatoms. The van der Waals surface area contributed by atoms with Crippen LogP contribution in [0.3, 0.4) is 0 Å². The molecule has 8 rings (SSSR count). The normalized spacial score (nSPS) is 20.3. The molecule has 4 aromatic carbocycles. The van der Waals surface area contributed by atoms with Crippen LogP contribution in [0.1, 0.15) is 82.5 Å². The van der Waals surface area contributed by atoms with Crippen molar-refractivity contribution in [2.45, 2.75) is 77.0 Å². The lowest BCUT2D eigenvalue weighted by Crippen LogP contribution is -2.49. The monoisotopic (exact) mass is 1040 g/mol. The number of piperidine rings is 2. The predicted octanol–water partition coefficient (Wildman–Crippen LogP) is 13.9. The van der Waals surface area contributed by atoms with E-state index in [1.165, 1.54) is 43.5 Å². The van der Waals surface area contributed by atoms with Gasteiger partial charge in [-0.25, -0.2) is 4.79 Å². The largest absolute Gasteiger partial charge is 0.444 e. The molecule has 4 aromatic rings. The Balaban J connectivity index is 0.000000220. The molecule has 2 unspecified atom stereocenters. The van der Waals surface area contributed by atoms with Crippen molar-refractivity contribution in [1.82, 2.24) is 20.0 Å². The van der Waals surface area contributed by atoms with Gasteiger partial charge in [0.25, 0.3) is 0 Å². The fourth-order valence-electron chi connectivity index (χ4n) is 9.66. The van der Waals surface area contributed by atoms with E-state index in [9.17, 15) is 4.79 Å².